The first-order chi connectivity index (χ1) is 14.2. The maximum Gasteiger partial charge on any atom is 0.350 e. The summed E-state index contributed by atoms with van der Waals surface area (Å²) < 4.78 is 16.5. The molecule has 0 bridgehead atoms. The average molecular weight is 442 g/mol. The predicted octanol–water partition coefficient (Wildman–Crippen LogP) is -0.606. The Kier molecular flexibility index (Phi) is 5.75. The van der Waals surface area contributed by atoms with Crippen LogP contribution in [0.2, 0.25) is 0 Å². The molecule has 10 heteroatoms. The molecule has 31 heavy (non-hydrogen) atoms. The highest BCUT2D eigenvalue weighted by Gasteiger charge is 2.66. The van der Waals surface area contributed by atoms with Crippen molar-refractivity contribution in [2.45, 2.75) is 69.7 Å². The van der Waals surface area contributed by atoms with Crippen molar-refractivity contribution in [1.82, 2.24) is 0 Å². The van der Waals surface area contributed by atoms with E-state index in [2.05, 4.69) is 0 Å². The fraction of sp³-hybridized carbons (Fsp3) is 0.762. The molecule has 0 aromatic rings. The molecule has 174 valence electrons. The van der Waals surface area contributed by atoms with Gasteiger partial charge in [0.2, 0.25) is 5.60 Å². The van der Waals surface area contributed by atoms with Gasteiger partial charge in [0, 0.05) is 19.3 Å². The lowest BCUT2D eigenvalue weighted by Gasteiger charge is -2.42. The number of ether oxygens (including phenoxy) is 3. The second-order valence-corrected chi connectivity index (χ2v) is 9.42. The molecule has 0 saturated carbocycles. The van der Waals surface area contributed by atoms with Crippen LogP contribution in [-0.4, -0.2) is 93.6 Å². The van der Waals surface area contributed by atoms with Crippen molar-refractivity contribution < 1.29 is 48.4 Å². The highest BCUT2D eigenvalue weighted by atomic mass is 16.6. The summed E-state index contributed by atoms with van der Waals surface area (Å²) in [6.07, 6.45) is -0.911. The van der Waals surface area contributed by atoms with Gasteiger partial charge in [-0.3, -0.25) is 9.28 Å². The van der Waals surface area contributed by atoms with Gasteiger partial charge in [-0.1, -0.05) is 6.92 Å². The highest BCUT2D eigenvalue weighted by Crippen LogP contribution is 2.46. The number of hydrogen-bond acceptors (Lipinski definition) is 9. The monoisotopic (exact) mass is 442 g/mol. The minimum atomic E-state index is -2.40. The summed E-state index contributed by atoms with van der Waals surface area (Å²) >= 11 is 0. The standard InChI is InChI=1S/C21H32NO9/c1-12-10-20(27,13(2)23)18(26)30-16-7-9-22(5)8-6-15(21(16,22)28)11-29-17(25)19(12,4)31-14(3)24/h6,12-13,16,23,27-28H,7-11H2,1-5H3/q+1. The van der Waals surface area contributed by atoms with E-state index in [1.165, 1.54) is 20.8 Å². The molecule has 3 N–H and O–H groups in total. The second kappa shape index (κ2) is 7.54. The summed E-state index contributed by atoms with van der Waals surface area (Å²) in [4.78, 5) is 37.8. The van der Waals surface area contributed by atoms with E-state index in [0.29, 0.717) is 25.1 Å². The molecule has 0 aliphatic carbocycles. The van der Waals surface area contributed by atoms with Crippen LogP contribution < -0.4 is 0 Å². The third-order valence-electron chi connectivity index (χ3n) is 7.34. The summed E-state index contributed by atoms with van der Waals surface area (Å²) in [5.74, 6) is -3.65. The molecule has 3 aliphatic heterocycles. The van der Waals surface area contributed by atoms with Crippen molar-refractivity contribution in [2.75, 3.05) is 26.7 Å². The van der Waals surface area contributed by atoms with Crippen LogP contribution in [-0.2, 0) is 28.6 Å². The molecule has 2 saturated heterocycles. The summed E-state index contributed by atoms with van der Waals surface area (Å²) in [7, 11) is 1.80. The Morgan fingerprint density at radius 3 is 2.55 bits per heavy atom. The number of cyclic esters (lactones) is 1. The van der Waals surface area contributed by atoms with Crippen molar-refractivity contribution in [3.05, 3.63) is 11.6 Å². The van der Waals surface area contributed by atoms with E-state index in [1.807, 2.05) is 0 Å². The number of likely N-dealkylation sites (N-methyl/N-ethyl adjacent to an activating group) is 1. The summed E-state index contributed by atoms with van der Waals surface area (Å²) in [5.41, 5.74) is -5.51. The van der Waals surface area contributed by atoms with Crippen molar-refractivity contribution in [3.8, 4) is 0 Å². The molecule has 3 rings (SSSR count). The molecule has 0 aromatic heterocycles. The van der Waals surface area contributed by atoms with Gasteiger partial charge in [0.05, 0.1) is 25.3 Å². The lowest BCUT2D eigenvalue weighted by Crippen LogP contribution is -2.63. The van der Waals surface area contributed by atoms with Crippen LogP contribution in [0.5, 0.6) is 0 Å². The average Bonchev–Trinajstić information content (AvgIpc) is 3.06. The topological polar surface area (TPSA) is 140 Å². The van der Waals surface area contributed by atoms with Gasteiger partial charge < -0.3 is 29.5 Å². The van der Waals surface area contributed by atoms with Crippen LogP contribution in [0, 0.1) is 5.92 Å². The Balaban J connectivity index is 2.09. The predicted molar refractivity (Wildman–Crippen MR) is 105 cm³/mol. The number of quaternary nitrogens is 1. The van der Waals surface area contributed by atoms with Crippen molar-refractivity contribution in [3.63, 3.8) is 0 Å². The Hall–Kier alpha value is -2.01. The summed E-state index contributed by atoms with van der Waals surface area (Å²) in [5, 5.41) is 33.0. The molecule has 7 unspecified atom stereocenters. The fourth-order valence-electron chi connectivity index (χ4n) is 4.92. The lowest BCUT2D eigenvalue weighted by atomic mass is 9.78. The highest BCUT2D eigenvalue weighted by molar-refractivity contribution is 5.84. The van der Waals surface area contributed by atoms with Crippen LogP contribution in [0.25, 0.3) is 0 Å². The molecule has 0 aromatic carbocycles. The molecule has 3 aliphatic rings. The number of aliphatic hydroxyl groups is 3. The van der Waals surface area contributed by atoms with Crippen LogP contribution in [0.1, 0.15) is 40.5 Å². The minimum Gasteiger partial charge on any atom is -0.458 e. The van der Waals surface area contributed by atoms with E-state index in [4.69, 9.17) is 14.2 Å². The fourth-order valence-corrected chi connectivity index (χ4v) is 4.92. The van der Waals surface area contributed by atoms with E-state index in [1.54, 1.807) is 13.1 Å². The molecule has 2 fully saturated rings. The van der Waals surface area contributed by atoms with E-state index in [9.17, 15) is 29.7 Å². The second-order valence-electron chi connectivity index (χ2n) is 9.42. The maximum atomic E-state index is 13.1. The third-order valence-corrected chi connectivity index (χ3v) is 7.34. The largest absolute Gasteiger partial charge is 0.458 e. The Morgan fingerprint density at radius 2 is 1.97 bits per heavy atom. The van der Waals surface area contributed by atoms with E-state index in [-0.39, 0.29) is 11.1 Å². The number of nitrogens with zero attached hydrogens (tertiary/aromatic N) is 1. The van der Waals surface area contributed by atoms with Crippen LogP contribution in [0.3, 0.4) is 0 Å². The zero-order chi connectivity index (χ0) is 23.4. The quantitative estimate of drug-likeness (QED) is 0.221. The first kappa shape index (κ1) is 23.6. The molecule has 0 radical (unpaired) electrons. The number of carbonyl (C=O) groups excluding carboxylic acids is 3. The van der Waals surface area contributed by atoms with Gasteiger partial charge in [-0.15, -0.1) is 0 Å². The summed E-state index contributed by atoms with van der Waals surface area (Å²) in [6, 6.07) is 0. The van der Waals surface area contributed by atoms with Gasteiger partial charge in [-0.2, -0.15) is 0 Å². The van der Waals surface area contributed by atoms with Gasteiger partial charge in [0.25, 0.3) is 5.72 Å². The number of esters is 3. The summed E-state index contributed by atoms with van der Waals surface area (Å²) in [6.45, 7) is 5.87. The van der Waals surface area contributed by atoms with Crippen molar-refractivity contribution in [2.24, 2.45) is 5.92 Å². The molecule has 10 nitrogen and oxygen atoms in total. The van der Waals surface area contributed by atoms with Crippen molar-refractivity contribution >= 4 is 17.9 Å². The van der Waals surface area contributed by atoms with Crippen LogP contribution in [0.15, 0.2) is 11.6 Å². The minimum absolute atomic E-state index is 0.141. The lowest BCUT2D eigenvalue weighted by molar-refractivity contribution is -0.955. The van der Waals surface area contributed by atoms with E-state index >= 15 is 0 Å². The first-order valence-electron chi connectivity index (χ1n) is 10.5. The van der Waals surface area contributed by atoms with Crippen LogP contribution >= 0.6 is 0 Å². The van der Waals surface area contributed by atoms with Gasteiger partial charge in [-0.25, -0.2) is 9.59 Å². The number of rotatable bonds is 2. The van der Waals surface area contributed by atoms with Crippen molar-refractivity contribution in [1.29, 1.82) is 0 Å². The molecule has 0 amide bonds. The zero-order valence-corrected chi connectivity index (χ0v) is 18.6. The van der Waals surface area contributed by atoms with Crippen LogP contribution in [0.4, 0.5) is 0 Å². The molecule has 7 atom stereocenters. The maximum absolute atomic E-state index is 13.1. The Morgan fingerprint density at radius 1 is 1.32 bits per heavy atom. The molecule has 3 heterocycles. The Labute approximate surface area is 181 Å². The third kappa shape index (κ3) is 3.45. The van der Waals surface area contributed by atoms with E-state index in [0.717, 1.165) is 6.92 Å². The number of aliphatic hydroxyl groups excluding tert-OH is 1. The van der Waals surface area contributed by atoms with E-state index < -0.39 is 59.4 Å². The SMILES string of the molecule is CC(=O)OC1(C)C(=O)OCC2=CC[N+]3(C)CCC(OC(=O)C(O)(C(C)O)CC1C)C23O. The molecular formula is C21H32NO9+. The number of carbonyl (C=O) groups is 3. The zero-order valence-electron chi connectivity index (χ0n) is 18.6. The molecule has 0 spiro atoms. The Bertz CT molecular complexity index is 826. The normalized spacial score (nSPS) is 44.2. The van der Waals surface area contributed by atoms with Gasteiger partial charge in [0.1, 0.15) is 13.2 Å². The van der Waals surface area contributed by atoms with Gasteiger partial charge in [-0.05, 0) is 26.3 Å². The van der Waals surface area contributed by atoms with Gasteiger partial charge >= 0.3 is 17.9 Å². The first-order valence-corrected chi connectivity index (χ1v) is 10.5. The molecular weight excluding hydrogens is 410 g/mol. The number of hydrogen-bond donors (Lipinski definition) is 3. The van der Waals surface area contributed by atoms with Gasteiger partial charge in [0.15, 0.2) is 11.7 Å². The smallest absolute Gasteiger partial charge is 0.350 e.